The van der Waals surface area contributed by atoms with E-state index in [-0.39, 0.29) is 18.2 Å². The number of fused-ring (bicyclic) bond motifs is 1. The van der Waals surface area contributed by atoms with Crippen LogP contribution in [0.3, 0.4) is 0 Å². The summed E-state index contributed by atoms with van der Waals surface area (Å²) in [4.78, 5) is 28.8. The first-order valence-electron chi connectivity index (χ1n) is 7.83. The van der Waals surface area contributed by atoms with Gasteiger partial charge >= 0.3 is 0 Å². The van der Waals surface area contributed by atoms with E-state index in [1.165, 1.54) is 12.1 Å². The highest BCUT2D eigenvalue weighted by atomic mass is 16.6. The summed E-state index contributed by atoms with van der Waals surface area (Å²) in [7, 11) is 0. The predicted octanol–water partition coefficient (Wildman–Crippen LogP) is 2.75. The van der Waals surface area contributed by atoms with Crippen molar-refractivity contribution >= 4 is 23.5 Å². The molecule has 2 aromatic carbocycles. The smallest absolute Gasteiger partial charge is 0.270 e. The minimum Gasteiger partial charge on any atom is -0.484 e. The van der Waals surface area contributed by atoms with Crippen molar-refractivity contribution in [3.05, 3.63) is 63.7 Å². The Morgan fingerprint density at radius 2 is 2.16 bits per heavy atom. The molecule has 1 aliphatic rings. The van der Waals surface area contributed by atoms with Crippen molar-refractivity contribution in [3.8, 4) is 5.75 Å². The Balaban J connectivity index is 1.78. The zero-order valence-corrected chi connectivity index (χ0v) is 13.7. The third kappa shape index (κ3) is 3.82. The number of aryl methyl sites for hydroxylation is 1. The van der Waals surface area contributed by atoms with Crippen LogP contribution < -0.4 is 9.64 Å². The van der Waals surface area contributed by atoms with E-state index >= 15 is 0 Å². The Labute approximate surface area is 144 Å². The highest BCUT2D eigenvalue weighted by molar-refractivity contribution is 6.01. The van der Waals surface area contributed by atoms with Gasteiger partial charge in [-0.1, -0.05) is 12.1 Å². The number of non-ortho nitro benzene ring substituents is 1. The number of hydrogen-bond donors (Lipinski definition) is 0. The van der Waals surface area contributed by atoms with Gasteiger partial charge in [-0.3, -0.25) is 19.9 Å². The molecule has 128 valence electrons. The molecule has 1 amide bonds. The minimum atomic E-state index is -0.466. The van der Waals surface area contributed by atoms with Gasteiger partial charge in [0.15, 0.2) is 6.61 Å². The first kappa shape index (κ1) is 16.6. The van der Waals surface area contributed by atoms with Crippen LogP contribution in [0.1, 0.15) is 11.1 Å². The fourth-order valence-electron chi connectivity index (χ4n) is 2.63. The van der Waals surface area contributed by atoms with Crippen molar-refractivity contribution in [2.24, 2.45) is 4.99 Å². The topological polar surface area (TPSA) is 85.0 Å². The van der Waals surface area contributed by atoms with Gasteiger partial charge in [0, 0.05) is 30.5 Å². The van der Waals surface area contributed by atoms with E-state index in [4.69, 9.17) is 4.74 Å². The van der Waals surface area contributed by atoms with Crippen molar-refractivity contribution in [1.82, 2.24) is 0 Å². The number of nitro benzene ring substituents is 1. The average molecular weight is 339 g/mol. The van der Waals surface area contributed by atoms with E-state index in [0.717, 1.165) is 5.56 Å². The second-order valence-corrected chi connectivity index (χ2v) is 5.69. The fraction of sp³-hybridized carbons (Fsp3) is 0.222. The van der Waals surface area contributed by atoms with Crippen LogP contribution in [0.2, 0.25) is 0 Å². The molecular formula is C18H17N3O4. The Morgan fingerprint density at radius 3 is 2.92 bits per heavy atom. The Morgan fingerprint density at radius 1 is 1.32 bits per heavy atom. The fourth-order valence-corrected chi connectivity index (χ4v) is 2.63. The van der Waals surface area contributed by atoms with Gasteiger partial charge in [0.25, 0.3) is 11.6 Å². The lowest BCUT2D eigenvalue weighted by atomic mass is 10.1. The molecule has 0 N–H and O–H groups in total. The number of amides is 1. The Hall–Kier alpha value is -3.22. The Bertz CT molecular complexity index is 848. The number of nitro groups is 1. The van der Waals surface area contributed by atoms with Crippen molar-refractivity contribution < 1.29 is 14.5 Å². The largest absolute Gasteiger partial charge is 0.484 e. The predicted molar refractivity (Wildman–Crippen MR) is 94.6 cm³/mol. The quantitative estimate of drug-likeness (QED) is 0.633. The van der Waals surface area contributed by atoms with Gasteiger partial charge in [0.2, 0.25) is 0 Å². The number of anilines is 1. The summed E-state index contributed by atoms with van der Waals surface area (Å²) in [5, 5.41) is 10.9. The van der Waals surface area contributed by atoms with E-state index in [1.54, 1.807) is 23.2 Å². The molecule has 0 aliphatic carbocycles. The highest BCUT2D eigenvalue weighted by Crippen LogP contribution is 2.26. The van der Waals surface area contributed by atoms with Crippen molar-refractivity contribution in [2.75, 3.05) is 24.6 Å². The molecule has 0 radical (unpaired) electrons. The molecule has 0 spiro atoms. The number of nitrogens with zero attached hydrogens (tertiary/aromatic N) is 3. The van der Waals surface area contributed by atoms with E-state index in [9.17, 15) is 14.9 Å². The van der Waals surface area contributed by atoms with Crippen LogP contribution in [-0.2, 0) is 4.79 Å². The molecule has 7 nitrogen and oxygen atoms in total. The number of benzodiazepines with no additional fused rings is 1. The van der Waals surface area contributed by atoms with Gasteiger partial charge in [-0.15, -0.1) is 0 Å². The first-order valence-corrected chi connectivity index (χ1v) is 7.83. The van der Waals surface area contributed by atoms with Gasteiger partial charge in [-0.05, 0) is 30.7 Å². The average Bonchev–Trinajstić information content (AvgIpc) is 2.81. The van der Waals surface area contributed by atoms with Crippen LogP contribution in [0.4, 0.5) is 11.4 Å². The van der Waals surface area contributed by atoms with Gasteiger partial charge in [0.05, 0.1) is 17.2 Å². The van der Waals surface area contributed by atoms with Crippen LogP contribution in [-0.4, -0.2) is 36.7 Å². The van der Waals surface area contributed by atoms with E-state index < -0.39 is 4.92 Å². The zero-order valence-electron chi connectivity index (χ0n) is 13.7. The summed E-state index contributed by atoms with van der Waals surface area (Å²) in [5.41, 5.74) is 2.17. The summed E-state index contributed by atoms with van der Waals surface area (Å²) in [6, 6.07) is 11.9. The SMILES string of the molecule is Cc1cccc(OCC(=O)N2CCN=Cc3cc([N+](=O)[O-])ccc32)c1. The number of hydrogen-bond acceptors (Lipinski definition) is 5. The highest BCUT2D eigenvalue weighted by Gasteiger charge is 2.22. The lowest BCUT2D eigenvalue weighted by Crippen LogP contribution is -2.36. The van der Waals surface area contributed by atoms with Gasteiger partial charge in [-0.2, -0.15) is 0 Å². The number of benzene rings is 2. The van der Waals surface area contributed by atoms with Crippen molar-refractivity contribution in [3.63, 3.8) is 0 Å². The van der Waals surface area contributed by atoms with Crippen LogP contribution in [0.5, 0.6) is 5.75 Å². The summed E-state index contributed by atoms with van der Waals surface area (Å²) >= 11 is 0. The van der Waals surface area contributed by atoms with Crippen LogP contribution in [0.25, 0.3) is 0 Å². The molecule has 0 bridgehead atoms. The van der Waals surface area contributed by atoms with Crippen LogP contribution in [0.15, 0.2) is 47.5 Å². The summed E-state index contributed by atoms with van der Waals surface area (Å²) in [5.74, 6) is 0.408. The van der Waals surface area contributed by atoms with E-state index in [2.05, 4.69) is 4.99 Å². The summed E-state index contributed by atoms with van der Waals surface area (Å²) in [6.45, 7) is 2.67. The maximum Gasteiger partial charge on any atom is 0.270 e. The van der Waals surface area contributed by atoms with E-state index in [1.807, 2.05) is 25.1 Å². The van der Waals surface area contributed by atoms with Crippen molar-refractivity contribution in [2.45, 2.75) is 6.92 Å². The maximum atomic E-state index is 12.6. The molecule has 1 aliphatic heterocycles. The molecule has 0 fully saturated rings. The molecule has 0 aromatic heterocycles. The molecule has 0 unspecified atom stereocenters. The number of carbonyl (C=O) groups excluding carboxylic acids is 1. The molecule has 2 aromatic rings. The molecule has 0 atom stereocenters. The summed E-state index contributed by atoms with van der Waals surface area (Å²) in [6.07, 6.45) is 1.57. The van der Waals surface area contributed by atoms with Crippen molar-refractivity contribution in [1.29, 1.82) is 0 Å². The second kappa shape index (κ2) is 7.12. The number of carbonyl (C=O) groups is 1. The normalized spacial score (nSPS) is 13.1. The van der Waals surface area contributed by atoms with Gasteiger partial charge in [-0.25, -0.2) is 0 Å². The van der Waals surface area contributed by atoms with E-state index in [0.29, 0.717) is 30.1 Å². The Kier molecular flexibility index (Phi) is 4.74. The standard InChI is InChI=1S/C18H17N3O4/c1-13-3-2-4-16(9-13)25-12-18(22)20-8-7-19-11-14-10-15(21(23)24)5-6-17(14)20/h2-6,9-11H,7-8,12H2,1H3. The first-order chi connectivity index (χ1) is 12.0. The molecular weight excluding hydrogens is 322 g/mol. The molecule has 0 saturated carbocycles. The van der Waals surface area contributed by atoms with Crippen LogP contribution >= 0.6 is 0 Å². The zero-order chi connectivity index (χ0) is 17.8. The molecule has 25 heavy (non-hydrogen) atoms. The van der Waals surface area contributed by atoms with Gasteiger partial charge < -0.3 is 9.64 Å². The van der Waals surface area contributed by atoms with Crippen LogP contribution in [0, 0.1) is 17.0 Å². The minimum absolute atomic E-state index is 0.0319. The maximum absolute atomic E-state index is 12.6. The third-order valence-electron chi connectivity index (χ3n) is 3.85. The molecule has 3 rings (SSSR count). The monoisotopic (exact) mass is 339 g/mol. The second-order valence-electron chi connectivity index (χ2n) is 5.69. The number of rotatable bonds is 4. The molecule has 0 saturated heterocycles. The molecule has 7 heteroatoms. The lowest BCUT2D eigenvalue weighted by molar-refractivity contribution is -0.384. The summed E-state index contributed by atoms with van der Waals surface area (Å²) < 4.78 is 5.58. The number of ether oxygens (including phenoxy) is 1. The van der Waals surface area contributed by atoms with Gasteiger partial charge in [0.1, 0.15) is 5.75 Å². The molecule has 1 heterocycles. The lowest BCUT2D eigenvalue weighted by Gasteiger charge is -2.22. The number of aliphatic imine (C=N–C) groups is 1. The third-order valence-corrected chi connectivity index (χ3v) is 3.85.